The smallest absolute Gasteiger partial charge is 0.319 e. The number of likely N-dealkylation sites (tertiary alicyclic amines) is 1. The summed E-state index contributed by atoms with van der Waals surface area (Å²) >= 11 is 6.07. The maximum atomic E-state index is 13.3. The molecule has 0 bridgehead atoms. The number of rotatable bonds is 4. The van der Waals surface area contributed by atoms with Crippen LogP contribution in [0.15, 0.2) is 23.1 Å². The molecule has 1 aromatic rings. The van der Waals surface area contributed by atoms with Crippen LogP contribution in [0.2, 0.25) is 5.02 Å². The van der Waals surface area contributed by atoms with Crippen molar-refractivity contribution in [2.24, 2.45) is 11.3 Å². The Balaban J connectivity index is 1.87. The first-order chi connectivity index (χ1) is 13.5. The van der Waals surface area contributed by atoms with Crippen LogP contribution in [0, 0.1) is 18.3 Å². The van der Waals surface area contributed by atoms with Crippen molar-refractivity contribution in [3.8, 4) is 0 Å². The van der Waals surface area contributed by atoms with Gasteiger partial charge in [-0.05, 0) is 57.1 Å². The second-order valence-corrected chi connectivity index (χ2v) is 11.2. The second kappa shape index (κ2) is 8.06. The van der Waals surface area contributed by atoms with Crippen LogP contribution in [-0.4, -0.2) is 94.4 Å². The molecule has 2 atom stereocenters. The number of hydrogen-bond acceptors (Lipinski definition) is 4. The molecule has 2 aliphatic rings. The number of carbonyl (C=O) groups is 1. The highest BCUT2D eigenvalue weighted by Gasteiger charge is 2.52. The van der Waals surface area contributed by atoms with E-state index in [0.717, 1.165) is 18.5 Å². The zero-order valence-corrected chi connectivity index (χ0v) is 19.4. The molecule has 3 rings (SSSR count). The largest absolute Gasteiger partial charge is 0.331 e. The molecule has 2 aliphatic heterocycles. The Labute approximate surface area is 179 Å². The van der Waals surface area contributed by atoms with Gasteiger partial charge in [-0.15, -0.1) is 0 Å². The third-order valence-corrected chi connectivity index (χ3v) is 8.43. The maximum Gasteiger partial charge on any atom is 0.319 e. The molecular formula is C20H31ClN4O3S. The number of urea groups is 1. The topological polar surface area (TPSA) is 64.2 Å². The molecule has 162 valence electrons. The fourth-order valence-corrected chi connectivity index (χ4v) is 6.40. The number of aryl methyl sites for hydroxylation is 1. The molecule has 2 amide bonds. The first kappa shape index (κ1) is 22.3. The maximum absolute atomic E-state index is 13.3. The number of hydrogen-bond donors (Lipinski definition) is 0. The van der Waals surface area contributed by atoms with Gasteiger partial charge >= 0.3 is 6.03 Å². The van der Waals surface area contributed by atoms with Crippen LogP contribution < -0.4 is 0 Å². The monoisotopic (exact) mass is 442 g/mol. The number of fused-ring (bicyclic) bond motifs is 1. The lowest BCUT2D eigenvalue weighted by molar-refractivity contribution is 0.0814. The molecule has 0 spiro atoms. The number of benzene rings is 1. The van der Waals surface area contributed by atoms with E-state index in [2.05, 4.69) is 4.90 Å². The van der Waals surface area contributed by atoms with Crippen molar-refractivity contribution >= 4 is 27.7 Å². The van der Waals surface area contributed by atoms with Gasteiger partial charge in [-0.3, -0.25) is 0 Å². The van der Waals surface area contributed by atoms with Crippen molar-refractivity contribution < 1.29 is 13.2 Å². The van der Waals surface area contributed by atoms with Crippen LogP contribution in [-0.2, 0) is 10.0 Å². The molecule has 0 radical (unpaired) electrons. The van der Waals surface area contributed by atoms with Gasteiger partial charge in [0.1, 0.15) is 0 Å². The Morgan fingerprint density at radius 2 is 1.93 bits per heavy atom. The number of nitrogens with zero attached hydrogens (tertiary/aromatic N) is 4. The van der Waals surface area contributed by atoms with Gasteiger partial charge < -0.3 is 14.7 Å². The van der Waals surface area contributed by atoms with Gasteiger partial charge in [0.15, 0.2) is 0 Å². The fraction of sp³-hybridized carbons (Fsp3) is 0.650. The summed E-state index contributed by atoms with van der Waals surface area (Å²) in [6.45, 7) is 4.77. The van der Waals surface area contributed by atoms with Gasteiger partial charge in [0, 0.05) is 57.3 Å². The fourth-order valence-electron chi connectivity index (χ4n) is 4.71. The molecule has 2 heterocycles. The SMILES string of the molecule is Cc1cc(S(=O)(=O)N2CC[C@]3(CN(C)C)CN(C(=O)N(C)C)C[C@@H]3C2)ccc1Cl. The highest BCUT2D eigenvalue weighted by atomic mass is 35.5. The molecular weight excluding hydrogens is 412 g/mol. The first-order valence-corrected chi connectivity index (χ1v) is 11.7. The van der Waals surface area contributed by atoms with Gasteiger partial charge in [0.25, 0.3) is 0 Å². The van der Waals surface area contributed by atoms with Gasteiger partial charge in [-0.25, -0.2) is 13.2 Å². The molecule has 0 N–H and O–H groups in total. The summed E-state index contributed by atoms with van der Waals surface area (Å²) in [4.78, 5) is 18.5. The number of amides is 2. The third kappa shape index (κ3) is 4.26. The van der Waals surface area contributed by atoms with Gasteiger partial charge in [0.05, 0.1) is 4.90 Å². The van der Waals surface area contributed by atoms with Gasteiger partial charge in [0.2, 0.25) is 10.0 Å². The molecule has 2 saturated heterocycles. The predicted molar refractivity (Wildman–Crippen MR) is 115 cm³/mol. The third-order valence-electron chi connectivity index (χ3n) is 6.15. The van der Waals surface area contributed by atoms with E-state index < -0.39 is 10.0 Å². The van der Waals surface area contributed by atoms with Crippen LogP contribution in [0.1, 0.15) is 12.0 Å². The van der Waals surface area contributed by atoms with Gasteiger partial charge in [-0.1, -0.05) is 11.6 Å². The Kier molecular flexibility index (Phi) is 6.21. The first-order valence-electron chi connectivity index (χ1n) is 9.83. The molecule has 0 aromatic heterocycles. The van der Waals surface area contributed by atoms with Crippen molar-refractivity contribution in [1.82, 2.24) is 19.0 Å². The van der Waals surface area contributed by atoms with Crippen molar-refractivity contribution in [3.05, 3.63) is 28.8 Å². The highest BCUT2D eigenvalue weighted by molar-refractivity contribution is 7.89. The van der Waals surface area contributed by atoms with Crippen molar-refractivity contribution in [3.63, 3.8) is 0 Å². The Bertz CT molecular complexity index is 890. The van der Waals surface area contributed by atoms with E-state index in [0.29, 0.717) is 31.2 Å². The van der Waals surface area contributed by atoms with E-state index in [-0.39, 0.29) is 22.3 Å². The Morgan fingerprint density at radius 1 is 1.24 bits per heavy atom. The van der Waals surface area contributed by atoms with E-state index in [1.807, 2.05) is 19.0 Å². The number of sulfonamides is 1. The summed E-state index contributed by atoms with van der Waals surface area (Å²) in [6, 6.07) is 4.83. The molecule has 1 aromatic carbocycles. The minimum atomic E-state index is -3.60. The predicted octanol–water partition coefficient (Wildman–Crippen LogP) is 2.20. The van der Waals surface area contributed by atoms with Crippen LogP contribution in [0.5, 0.6) is 0 Å². The lowest BCUT2D eigenvalue weighted by Gasteiger charge is -2.44. The van der Waals surface area contributed by atoms with Crippen molar-refractivity contribution in [2.75, 3.05) is 60.9 Å². The normalized spacial score (nSPS) is 25.3. The number of halogens is 1. The number of piperidine rings is 1. The molecule has 0 unspecified atom stereocenters. The van der Waals surface area contributed by atoms with Crippen molar-refractivity contribution in [2.45, 2.75) is 18.2 Å². The molecule has 7 nitrogen and oxygen atoms in total. The van der Waals surface area contributed by atoms with E-state index in [1.54, 1.807) is 48.4 Å². The minimum absolute atomic E-state index is 0.0136. The zero-order valence-electron chi connectivity index (χ0n) is 17.9. The summed E-state index contributed by atoms with van der Waals surface area (Å²) in [6.07, 6.45) is 0.735. The van der Waals surface area contributed by atoms with Crippen LogP contribution in [0.25, 0.3) is 0 Å². The van der Waals surface area contributed by atoms with E-state index in [9.17, 15) is 13.2 Å². The van der Waals surface area contributed by atoms with Crippen molar-refractivity contribution in [1.29, 1.82) is 0 Å². The summed E-state index contributed by atoms with van der Waals surface area (Å²) < 4.78 is 28.1. The van der Waals surface area contributed by atoms with Gasteiger partial charge in [-0.2, -0.15) is 4.31 Å². The van der Waals surface area contributed by atoms with E-state index in [4.69, 9.17) is 11.6 Å². The lowest BCUT2D eigenvalue weighted by atomic mass is 9.73. The molecule has 2 fully saturated rings. The Hall–Kier alpha value is -1.35. The average Bonchev–Trinajstić information content (AvgIpc) is 3.00. The summed E-state index contributed by atoms with van der Waals surface area (Å²) in [5.41, 5.74) is 0.659. The van der Waals surface area contributed by atoms with Crippen LogP contribution >= 0.6 is 11.6 Å². The molecule has 9 heteroatoms. The second-order valence-electron chi connectivity index (χ2n) is 8.88. The molecule has 29 heavy (non-hydrogen) atoms. The molecule has 0 saturated carbocycles. The highest BCUT2D eigenvalue weighted by Crippen LogP contribution is 2.44. The quantitative estimate of drug-likeness (QED) is 0.717. The van der Waals surface area contributed by atoms with Crippen LogP contribution in [0.3, 0.4) is 0 Å². The Morgan fingerprint density at radius 3 is 2.52 bits per heavy atom. The average molecular weight is 443 g/mol. The minimum Gasteiger partial charge on any atom is -0.331 e. The van der Waals surface area contributed by atoms with E-state index in [1.165, 1.54) is 0 Å². The summed E-state index contributed by atoms with van der Waals surface area (Å²) in [7, 11) is 3.96. The standard InChI is InChI=1S/C20H31ClN4O3S/c1-15-10-17(6-7-18(15)21)29(27,28)25-9-8-20(13-22(2)3)14-24(11-16(20)12-25)19(26)23(4)5/h6-7,10,16H,8-9,11-14H2,1-5H3/t16-,20+/m1/s1. The zero-order chi connectivity index (χ0) is 21.6. The van der Waals surface area contributed by atoms with E-state index >= 15 is 0 Å². The summed E-state index contributed by atoms with van der Waals surface area (Å²) in [5, 5.41) is 0.557. The lowest BCUT2D eigenvalue weighted by Crippen LogP contribution is -2.52. The summed E-state index contributed by atoms with van der Waals surface area (Å²) in [5.74, 6) is 0.103. The van der Waals surface area contributed by atoms with Crippen LogP contribution in [0.4, 0.5) is 4.79 Å². The number of carbonyl (C=O) groups excluding carboxylic acids is 1. The molecule has 0 aliphatic carbocycles.